The molecule has 1 saturated carbocycles. The highest BCUT2D eigenvalue weighted by Crippen LogP contribution is 2.57. The van der Waals surface area contributed by atoms with Gasteiger partial charge in [0.25, 0.3) is 0 Å². The van der Waals surface area contributed by atoms with Crippen LogP contribution in [-0.2, 0) is 4.79 Å². The number of aliphatic hydroxyl groups excluding tert-OH is 1. The van der Waals surface area contributed by atoms with Gasteiger partial charge >= 0.3 is 6.18 Å². The second kappa shape index (κ2) is 11.5. The van der Waals surface area contributed by atoms with E-state index in [1.807, 2.05) is 24.0 Å². The van der Waals surface area contributed by atoms with Crippen molar-refractivity contribution < 1.29 is 27.8 Å². The van der Waals surface area contributed by atoms with E-state index in [4.69, 9.17) is 4.74 Å². The number of β-amino-alcohol motifs (C(OH)–C–C–N with tert-alkyl or cyclic N) is 1. The Bertz CT molecular complexity index is 1370. The van der Waals surface area contributed by atoms with E-state index < -0.39 is 29.6 Å². The van der Waals surface area contributed by atoms with Crippen LogP contribution in [0.15, 0.2) is 36.8 Å². The van der Waals surface area contributed by atoms with E-state index >= 15 is 0 Å². The van der Waals surface area contributed by atoms with Gasteiger partial charge in [-0.15, -0.1) is 0 Å². The monoisotopic (exact) mass is 582 g/mol. The second-order valence-corrected chi connectivity index (χ2v) is 9.35. The predicted octanol–water partition coefficient (Wildman–Crippen LogP) is 3.29. The van der Waals surface area contributed by atoms with Crippen LogP contribution in [0.2, 0.25) is 0 Å². The molecule has 2 fully saturated rings. The number of nitrogens with zero attached hydrogens (tertiary/aromatic N) is 5. The number of anilines is 1. The molecule has 2 aliphatic rings. The van der Waals surface area contributed by atoms with E-state index in [-0.39, 0.29) is 52.8 Å². The Labute approximate surface area is 236 Å². The molecule has 0 aromatic carbocycles. The third-order valence-corrected chi connectivity index (χ3v) is 7.03. The summed E-state index contributed by atoms with van der Waals surface area (Å²) in [6.45, 7) is 2.85. The number of hydrogen-bond acceptors (Lipinski definition) is 7. The van der Waals surface area contributed by atoms with Gasteiger partial charge in [-0.1, -0.05) is 0 Å². The van der Waals surface area contributed by atoms with Crippen LogP contribution in [0, 0.1) is 16.7 Å². The minimum atomic E-state index is -4.59. The van der Waals surface area contributed by atoms with Crippen molar-refractivity contribution in [3.63, 3.8) is 0 Å². The highest BCUT2D eigenvalue weighted by atomic mass is 32.1. The Morgan fingerprint density at radius 1 is 1.31 bits per heavy atom. The molecular formula is C25H29F3N6O3S2. The van der Waals surface area contributed by atoms with Gasteiger partial charge in [-0.2, -0.15) is 50.5 Å². The summed E-state index contributed by atoms with van der Waals surface area (Å²) in [5.74, 6) is 0.108. The molecule has 0 spiro atoms. The summed E-state index contributed by atoms with van der Waals surface area (Å²) in [7, 11) is 0. The Morgan fingerprint density at radius 2 is 2.05 bits per heavy atom. The molecule has 210 valence electrons. The lowest BCUT2D eigenvalue weighted by Gasteiger charge is -2.37. The number of nitrogens with one attached hydrogen (secondary N) is 1. The fraction of sp³-hybridized carbons (Fsp3) is 0.440. The van der Waals surface area contributed by atoms with E-state index in [9.17, 15) is 28.3 Å². The van der Waals surface area contributed by atoms with Gasteiger partial charge < -0.3 is 20.1 Å². The van der Waals surface area contributed by atoms with Gasteiger partial charge in [-0.25, -0.2) is 9.50 Å². The maximum atomic E-state index is 13.2. The Hall–Kier alpha value is -3.15. The number of piperidine rings is 1. The van der Waals surface area contributed by atoms with Crippen molar-refractivity contribution in [1.82, 2.24) is 19.9 Å². The number of alkyl halides is 3. The van der Waals surface area contributed by atoms with Crippen molar-refractivity contribution in [3.05, 3.63) is 42.4 Å². The first-order valence-electron chi connectivity index (χ1n) is 12.0. The van der Waals surface area contributed by atoms with Crippen molar-refractivity contribution in [2.75, 3.05) is 24.6 Å². The summed E-state index contributed by atoms with van der Waals surface area (Å²) in [4.78, 5) is 18.6. The molecule has 0 radical (unpaired) electrons. The van der Waals surface area contributed by atoms with Crippen LogP contribution < -0.4 is 15.0 Å². The predicted molar refractivity (Wildman–Crippen MR) is 148 cm³/mol. The fourth-order valence-electron chi connectivity index (χ4n) is 4.76. The van der Waals surface area contributed by atoms with Crippen molar-refractivity contribution in [2.45, 2.75) is 44.5 Å². The quantitative estimate of drug-likeness (QED) is 0.458. The van der Waals surface area contributed by atoms with Gasteiger partial charge in [-0.3, -0.25) is 4.79 Å². The first kappa shape index (κ1) is 30.4. The Kier molecular flexibility index (Phi) is 8.99. The van der Waals surface area contributed by atoms with Crippen LogP contribution in [0.4, 0.5) is 19.0 Å². The molecule has 0 unspecified atom stereocenters. The molecule has 14 heteroatoms. The molecule has 3 aromatic rings. The number of ether oxygens (including phenoxy) is 1. The summed E-state index contributed by atoms with van der Waals surface area (Å²) in [6.07, 6.45) is -0.957. The van der Waals surface area contributed by atoms with Crippen molar-refractivity contribution in [1.29, 1.82) is 5.26 Å². The lowest BCUT2D eigenvalue weighted by atomic mass is 9.99. The normalized spacial score (nSPS) is 19.8. The van der Waals surface area contributed by atoms with Gasteiger partial charge in [0.15, 0.2) is 0 Å². The molecule has 1 aliphatic carbocycles. The highest BCUT2D eigenvalue weighted by Gasteiger charge is 2.68. The number of aliphatic hydroxyl groups is 1. The van der Waals surface area contributed by atoms with Crippen LogP contribution >= 0.6 is 27.0 Å². The number of carbonyl (C=O) groups excluding carboxylic acids is 1. The largest absolute Gasteiger partial charge is 0.492 e. The first-order chi connectivity index (χ1) is 17.7. The van der Waals surface area contributed by atoms with Gasteiger partial charge in [-0.05, 0) is 44.4 Å². The number of amides is 1. The number of hydrogen-bond donors (Lipinski definition) is 2. The molecule has 3 aromatic heterocycles. The molecule has 1 aliphatic heterocycles. The summed E-state index contributed by atoms with van der Waals surface area (Å²) >= 11 is 0. The molecule has 0 bridgehead atoms. The average molecular weight is 583 g/mol. The minimum Gasteiger partial charge on any atom is -0.492 e. The van der Waals surface area contributed by atoms with Crippen molar-refractivity contribution in [3.8, 4) is 22.9 Å². The average Bonchev–Trinajstić information content (AvgIpc) is 3.60. The van der Waals surface area contributed by atoms with E-state index in [1.165, 1.54) is 6.20 Å². The number of rotatable bonds is 6. The zero-order valence-electron chi connectivity index (χ0n) is 21.0. The molecule has 1 amide bonds. The third kappa shape index (κ3) is 5.61. The number of carbonyl (C=O) groups is 1. The smallest absolute Gasteiger partial charge is 0.403 e. The molecule has 1 saturated heterocycles. The molecule has 5 rings (SSSR count). The Balaban J connectivity index is 0.00000210. The van der Waals surface area contributed by atoms with E-state index in [1.54, 1.807) is 23.0 Å². The maximum Gasteiger partial charge on any atom is 0.403 e. The maximum absolute atomic E-state index is 13.2. The van der Waals surface area contributed by atoms with Gasteiger partial charge in [0.2, 0.25) is 5.91 Å². The number of halogens is 3. The van der Waals surface area contributed by atoms with Crippen LogP contribution in [0.25, 0.3) is 16.6 Å². The molecule has 4 heterocycles. The van der Waals surface area contributed by atoms with E-state index in [0.717, 1.165) is 11.1 Å². The van der Waals surface area contributed by atoms with Crippen LogP contribution in [0.3, 0.4) is 0 Å². The van der Waals surface area contributed by atoms with E-state index in [0.29, 0.717) is 35.8 Å². The number of pyridine rings is 2. The Morgan fingerprint density at radius 3 is 2.62 bits per heavy atom. The molecule has 2 atom stereocenters. The number of aromatic nitrogens is 3. The van der Waals surface area contributed by atoms with Crippen LogP contribution in [0.1, 0.15) is 31.7 Å². The summed E-state index contributed by atoms with van der Waals surface area (Å²) in [5.41, 5.74) is 0.177. The number of fused-ring (bicyclic) bond motifs is 1. The topological polar surface area (TPSA) is 116 Å². The van der Waals surface area contributed by atoms with Crippen molar-refractivity contribution in [2.24, 2.45) is 5.41 Å². The highest BCUT2D eigenvalue weighted by molar-refractivity contribution is 7.59. The molecule has 39 heavy (non-hydrogen) atoms. The molecular weight excluding hydrogens is 553 g/mol. The molecule has 2 N–H and O–H groups in total. The zero-order valence-corrected chi connectivity index (χ0v) is 23.0. The molecule has 9 nitrogen and oxygen atoms in total. The number of nitriles is 1. The minimum absolute atomic E-state index is 0. The fourth-order valence-corrected chi connectivity index (χ4v) is 4.76. The van der Waals surface area contributed by atoms with Crippen molar-refractivity contribution >= 4 is 44.2 Å². The van der Waals surface area contributed by atoms with Crippen LogP contribution in [-0.4, -0.2) is 63.6 Å². The van der Waals surface area contributed by atoms with Crippen LogP contribution in [0.5, 0.6) is 5.75 Å². The third-order valence-electron chi connectivity index (χ3n) is 7.03. The standard InChI is InChI=1S/C25H25F3N6O3.2H2S/c1-2-37-17-9-18(22-16(10-29)12-31-34(22)13-17)15-3-4-21(30-11-15)33-8-5-19(20(35)14-33)32-23(36)24(6-7-24)25(26,27)28;;/h3-4,9,11-13,19-20,35H,2,5-8,14H2,1H3,(H,32,36);2*1H2/t19-,20-;;/m0../s1. The van der Waals surface area contributed by atoms with E-state index in [2.05, 4.69) is 21.5 Å². The SMILES string of the molecule is CCOc1cc(-c2ccc(N3CC[C@H](NC(=O)C4(C(F)(F)F)CC4)[C@@H](O)C3)nc2)c2c(C#N)cnn2c1.S.S. The second-order valence-electron chi connectivity index (χ2n) is 9.35. The zero-order chi connectivity index (χ0) is 26.4. The lowest BCUT2D eigenvalue weighted by molar-refractivity contribution is -0.193. The summed E-state index contributed by atoms with van der Waals surface area (Å²) in [5, 5.41) is 26.8. The lowest BCUT2D eigenvalue weighted by Crippen LogP contribution is -2.56. The van der Waals surface area contributed by atoms with Gasteiger partial charge in [0.05, 0.1) is 42.2 Å². The summed E-state index contributed by atoms with van der Waals surface area (Å²) < 4.78 is 46.9. The first-order valence-corrected chi connectivity index (χ1v) is 12.0. The van der Waals surface area contributed by atoms with Gasteiger partial charge in [0, 0.05) is 30.4 Å². The summed E-state index contributed by atoms with van der Waals surface area (Å²) in [6, 6.07) is 6.82. The van der Waals surface area contributed by atoms with Gasteiger partial charge in [0.1, 0.15) is 23.1 Å².